The first-order chi connectivity index (χ1) is 8.16. The van der Waals surface area contributed by atoms with Gasteiger partial charge in [0.2, 0.25) is 0 Å². The van der Waals surface area contributed by atoms with Crippen LogP contribution in [0.3, 0.4) is 0 Å². The number of Topliss-reactive ketones (excluding diaryl/α,β-unsaturated/α-hetero) is 1. The molecule has 2 N–H and O–H groups in total. The third kappa shape index (κ3) is 3.08. The van der Waals surface area contributed by atoms with Gasteiger partial charge in [-0.25, -0.2) is 0 Å². The molecule has 17 heavy (non-hydrogen) atoms. The zero-order valence-corrected chi connectivity index (χ0v) is 10.7. The van der Waals surface area contributed by atoms with Crippen molar-refractivity contribution in [3.63, 3.8) is 0 Å². The molecule has 4 heteroatoms. The van der Waals surface area contributed by atoms with Crippen LogP contribution >= 0.6 is 22.9 Å². The number of carbonyl (C=O) groups excluding carboxylic acids is 1. The van der Waals surface area contributed by atoms with Gasteiger partial charge in [0.1, 0.15) is 0 Å². The first-order valence-corrected chi connectivity index (χ1v) is 6.53. The summed E-state index contributed by atoms with van der Waals surface area (Å²) in [4.78, 5) is 13.1. The summed E-state index contributed by atoms with van der Waals surface area (Å²) in [5.74, 6) is 0.0989. The average molecular weight is 266 g/mol. The molecule has 0 aliphatic heterocycles. The van der Waals surface area contributed by atoms with Crippen LogP contribution in [0.25, 0.3) is 0 Å². The largest absolute Gasteiger partial charge is 0.398 e. The highest BCUT2D eigenvalue weighted by Crippen LogP contribution is 2.21. The van der Waals surface area contributed by atoms with E-state index in [2.05, 4.69) is 0 Å². The Morgan fingerprint density at radius 1 is 1.35 bits per heavy atom. The summed E-state index contributed by atoms with van der Waals surface area (Å²) in [5, 5.41) is 2.50. The van der Waals surface area contributed by atoms with Gasteiger partial charge in [-0.05, 0) is 36.1 Å². The summed E-state index contributed by atoms with van der Waals surface area (Å²) >= 11 is 7.48. The van der Waals surface area contributed by atoms with Crippen LogP contribution in [0, 0.1) is 0 Å². The van der Waals surface area contributed by atoms with Crippen molar-refractivity contribution >= 4 is 34.4 Å². The van der Waals surface area contributed by atoms with E-state index in [-0.39, 0.29) is 5.78 Å². The second kappa shape index (κ2) is 5.34. The lowest BCUT2D eigenvalue weighted by atomic mass is 10.1. The highest BCUT2D eigenvalue weighted by molar-refractivity contribution is 7.09. The van der Waals surface area contributed by atoms with Crippen LogP contribution in [0.1, 0.15) is 21.7 Å². The number of hydrogen-bond acceptors (Lipinski definition) is 3. The Bertz CT molecular complexity index is 522. The van der Waals surface area contributed by atoms with Crippen LogP contribution in [-0.2, 0) is 6.42 Å². The molecule has 2 nitrogen and oxygen atoms in total. The molecule has 0 aliphatic carbocycles. The normalized spacial score (nSPS) is 10.4. The smallest absolute Gasteiger partial charge is 0.163 e. The average Bonchev–Trinajstić information content (AvgIpc) is 2.82. The number of thiophene rings is 1. The number of halogens is 1. The third-order valence-electron chi connectivity index (χ3n) is 2.50. The lowest BCUT2D eigenvalue weighted by Crippen LogP contribution is -2.01. The monoisotopic (exact) mass is 265 g/mol. The molecular weight excluding hydrogens is 254 g/mol. The van der Waals surface area contributed by atoms with E-state index in [9.17, 15) is 4.79 Å². The summed E-state index contributed by atoms with van der Waals surface area (Å²) in [6.07, 6.45) is 1.28. The zero-order chi connectivity index (χ0) is 12.3. The molecule has 0 unspecified atom stereocenters. The van der Waals surface area contributed by atoms with Crippen molar-refractivity contribution in [1.29, 1.82) is 0 Å². The maximum absolute atomic E-state index is 11.9. The SMILES string of the molecule is Nc1cc(C(=O)CCc2cccs2)ccc1Cl. The van der Waals surface area contributed by atoms with E-state index in [1.807, 2.05) is 17.5 Å². The van der Waals surface area contributed by atoms with E-state index in [0.717, 1.165) is 6.42 Å². The van der Waals surface area contributed by atoms with Crippen LogP contribution in [0.15, 0.2) is 35.7 Å². The highest BCUT2D eigenvalue weighted by atomic mass is 35.5. The van der Waals surface area contributed by atoms with Gasteiger partial charge < -0.3 is 5.73 Å². The van der Waals surface area contributed by atoms with Crippen LogP contribution in [0.2, 0.25) is 5.02 Å². The number of nitrogens with two attached hydrogens (primary N) is 1. The number of rotatable bonds is 4. The predicted molar refractivity (Wildman–Crippen MR) is 72.8 cm³/mol. The molecule has 88 valence electrons. The van der Waals surface area contributed by atoms with Crippen molar-refractivity contribution in [3.8, 4) is 0 Å². The Morgan fingerprint density at radius 2 is 2.18 bits per heavy atom. The summed E-state index contributed by atoms with van der Waals surface area (Å²) in [7, 11) is 0. The van der Waals surface area contributed by atoms with Crippen LogP contribution < -0.4 is 5.73 Å². The molecule has 0 fully saturated rings. The zero-order valence-electron chi connectivity index (χ0n) is 9.15. The van der Waals surface area contributed by atoms with E-state index < -0.39 is 0 Å². The van der Waals surface area contributed by atoms with Crippen molar-refractivity contribution in [3.05, 3.63) is 51.2 Å². The van der Waals surface area contributed by atoms with Crippen molar-refractivity contribution in [1.82, 2.24) is 0 Å². The molecule has 0 saturated heterocycles. The Balaban J connectivity index is 2.02. The second-order valence-corrected chi connectivity index (χ2v) is 5.18. The first-order valence-electron chi connectivity index (χ1n) is 5.27. The maximum Gasteiger partial charge on any atom is 0.163 e. The highest BCUT2D eigenvalue weighted by Gasteiger charge is 2.08. The number of nitrogen functional groups attached to an aromatic ring is 1. The molecule has 0 atom stereocenters. The van der Waals surface area contributed by atoms with E-state index in [0.29, 0.717) is 22.7 Å². The van der Waals surface area contributed by atoms with Gasteiger partial charge in [-0.3, -0.25) is 4.79 Å². The minimum Gasteiger partial charge on any atom is -0.398 e. The topological polar surface area (TPSA) is 43.1 Å². The molecule has 1 aromatic carbocycles. The molecule has 2 rings (SSSR count). The van der Waals surface area contributed by atoms with Crippen molar-refractivity contribution in [2.24, 2.45) is 0 Å². The van der Waals surface area contributed by atoms with Crippen molar-refractivity contribution < 1.29 is 4.79 Å². The van der Waals surface area contributed by atoms with Gasteiger partial charge in [-0.15, -0.1) is 11.3 Å². The molecule has 1 aromatic heterocycles. The maximum atomic E-state index is 11.9. The fourth-order valence-electron chi connectivity index (χ4n) is 1.55. The van der Waals surface area contributed by atoms with Gasteiger partial charge in [0.25, 0.3) is 0 Å². The molecule has 0 spiro atoms. The summed E-state index contributed by atoms with van der Waals surface area (Å²) < 4.78 is 0. The summed E-state index contributed by atoms with van der Waals surface area (Å²) in [6.45, 7) is 0. The van der Waals surface area contributed by atoms with Gasteiger partial charge in [0.15, 0.2) is 5.78 Å². The minimum absolute atomic E-state index is 0.0989. The molecule has 0 amide bonds. The fourth-order valence-corrected chi connectivity index (χ4v) is 2.38. The van der Waals surface area contributed by atoms with Crippen LogP contribution in [-0.4, -0.2) is 5.78 Å². The number of carbonyl (C=O) groups is 1. The molecule has 0 bridgehead atoms. The summed E-state index contributed by atoms with van der Waals surface area (Å²) in [5.41, 5.74) is 6.75. The van der Waals surface area contributed by atoms with Gasteiger partial charge >= 0.3 is 0 Å². The van der Waals surface area contributed by atoms with Crippen LogP contribution in [0.5, 0.6) is 0 Å². The summed E-state index contributed by atoms with van der Waals surface area (Å²) in [6, 6.07) is 9.04. The number of aryl methyl sites for hydroxylation is 1. The standard InChI is InChI=1S/C13H12ClNOS/c14-11-5-3-9(8-12(11)15)13(16)6-4-10-2-1-7-17-10/h1-3,5,7-8H,4,6,15H2. The van der Waals surface area contributed by atoms with Gasteiger partial charge in [0, 0.05) is 16.9 Å². The predicted octanol–water partition coefficient (Wildman–Crippen LogP) is 3.80. The lowest BCUT2D eigenvalue weighted by molar-refractivity contribution is 0.0983. The van der Waals surface area contributed by atoms with Crippen molar-refractivity contribution in [2.45, 2.75) is 12.8 Å². The van der Waals surface area contributed by atoms with E-state index in [4.69, 9.17) is 17.3 Å². The lowest BCUT2D eigenvalue weighted by Gasteiger charge is -2.03. The van der Waals surface area contributed by atoms with E-state index in [1.165, 1.54) is 4.88 Å². The van der Waals surface area contributed by atoms with Gasteiger partial charge in [-0.2, -0.15) is 0 Å². The Kier molecular flexibility index (Phi) is 3.82. The Labute approximate surface area is 109 Å². The Hall–Kier alpha value is -1.32. The molecule has 0 saturated carbocycles. The molecular formula is C13H12ClNOS. The number of benzene rings is 1. The molecule has 0 aliphatic rings. The van der Waals surface area contributed by atoms with Crippen LogP contribution in [0.4, 0.5) is 5.69 Å². The fraction of sp³-hybridized carbons (Fsp3) is 0.154. The Morgan fingerprint density at radius 3 is 2.82 bits per heavy atom. The molecule has 1 heterocycles. The molecule has 2 aromatic rings. The third-order valence-corrected chi connectivity index (χ3v) is 3.78. The first kappa shape index (κ1) is 12.1. The second-order valence-electron chi connectivity index (χ2n) is 3.74. The molecule has 0 radical (unpaired) electrons. The number of anilines is 1. The number of hydrogen-bond donors (Lipinski definition) is 1. The van der Waals surface area contributed by atoms with E-state index in [1.54, 1.807) is 29.5 Å². The van der Waals surface area contributed by atoms with Gasteiger partial charge in [-0.1, -0.05) is 17.7 Å². The van der Waals surface area contributed by atoms with Gasteiger partial charge in [0.05, 0.1) is 10.7 Å². The number of ketones is 1. The van der Waals surface area contributed by atoms with Crippen molar-refractivity contribution in [2.75, 3.05) is 5.73 Å². The van der Waals surface area contributed by atoms with E-state index >= 15 is 0 Å². The quantitative estimate of drug-likeness (QED) is 0.675. The minimum atomic E-state index is 0.0989.